The molecule has 0 bridgehead atoms. The number of carbonyl (C=O) groups is 2. The monoisotopic (exact) mass is 346 g/mol. The number of carbonyl (C=O) groups excluding carboxylic acids is 2. The Hall–Kier alpha value is -1.85. The minimum Gasteiger partial charge on any atom is -0.348 e. The second-order valence-corrected chi connectivity index (χ2v) is 7.79. The molecule has 2 aliphatic heterocycles. The predicted molar refractivity (Wildman–Crippen MR) is 95.9 cm³/mol. The Balaban J connectivity index is 1.73. The smallest absolute Gasteiger partial charge is 0.245 e. The molecule has 6 heteroatoms. The molecule has 0 saturated carbocycles. The Labute approximate surface area is 150 Å². The summed E-state index contributed by atoms with van der Waals surface area (Å²) in [7, 11) is 0. The van der Waals surface area contributed by atoms with Crippen LogP contribution in [0.5, 0.6) is 0 Å². The summed E-state index contributed by atoms with van der Waals surface area (Å²) in [5.41, 5.74) is 0. The minimum atomic E-state index is -0.303. The first kappa shape index (κ1) is 18.0. The lowest BCUT2D eigenvalue weighted by Crippen LogP contribution is -2.54. The summed E-state index contributed by atoms with van der Waals surface area (Å²) in [4.78, 5) is 37.1. The summed E-state index contributed by atoms with van der Waals surface area (Å²) in [5.74, 6) is 1.89. The van der Waals surface area contributed by atoms with Gasteiger partial charge in [0.2, 0.25) is 11.8 Å². The van der Waals surface area contributed by atoms with Crippen LogP contribution in [0.15, 0.2) is 12.4 Å². The van der Waals surface area contributed by atoms with Crippen molar-refractivity contribution in [2.45, 2.75) is 64.3 Å². The number of amides is 2. The normalized spacial score (nSPS) is 23.2. The fourth-order valence-corrected chi connectivity index (χ4v) is 4.08. The Morgan fingerprint density at radius 1 is 1.32 bits per heavy atom. The number of imidazole rings is 1. The highest BCUT2D eigenvalue weighted by Gasteiger charge is 2.36. The number of aromatic amines is 1. The second-order valence-electron chi connectivity index (χ2n) is 7.79. The number of hydrogen-bond acceptors (Lipinski definition) is 3. The van der Waals surface area contributed by atoms with Crippen LogP contribution in [0.25, 0.3) is 0 Å². The lowest BCUT2D eigenvalue weighted by atomic mass is 9.94. The van der Waals surface area contributed by atoms with Crippen LogP contribution in [0.2, 0.25) is 0 Å². The number of hydrogen-bond donors (Lipinski definition) is 1. The molecular formula is C19H30N4O2. The van der Waals surface area contributed by atoms with E-state index < -0.39 is 0 Å². The fraction of sp³-hybridized carbons (Fsp3) is 0.737. The standard InChI is InChI=1S/C19H30N4O2/c1-14(2)12-16(23-11-4-3-7-17(23)24)19(25)22-10-5-6-15(13-22)18-20-8-9-21-18/h8-9,14-16H,3-7,10-13H2,1-2H3,(H,20,21)/t15-,16+/m1/s1. The van der Waals surface area contributed by atoms with E-state index >= 15 is 0 Å². The minimum absolute atomic E-state index is 0.125. The van der Waals surface area contributed by atoms with Gasteiger partial charge in [-0.2, -0.15) is 0 Å². The SMILES string of the molecule is CC(C)C[C@@H](C(=O)N1CCC[C@@H](c2ncc[nH]2)C1)N1CCCCC1=O. The maximum atomic E-state index is 13.3. The molecule has 1 N–H and O–H groups in total. The van der Waals surface area contributed by atoms with E-state index in [-0.39, 0.29) is 23.8 Å². The molecule has 2 fully saturated rings. The van der Waals surface area contributed by atoms with Crippen LogP contribution < -0.4 is 0 Å². The van der Waals surface area contributed by atoms with E-state index in [1.165, 1.54) is 0 Å². The molecule has 2 saturated heterocycles. The van der Waals surface area contributed by atoms with Crippen molar-refractivity contribution in [1.82, 2.24) is 19.8 Å². The first-order valence-corrected chi connectivity index (χ1v) is 9.63. The topological polar surface area (TPSA) is 69.3 Å². The van der Waals surface area contributed by atoms with Gasteiger partial charge in [-0.3, -0.25) is 9.59 Å². The molecule has 3 heterocycles. The maximum Gasteiger partial charge on any atom is 0.245 e. The molecule has 2 aliphatic rings. The summed E-state index contributed by atoms with van der Waals surface area (Å²) in [6.45, 7) is 6.44. The van der Waals surface area contributed by atoms with E-state index in [0.29, 0.717) is 18.9 Å². The molecule has 0 radical (unpaired) electrons. The second kappa shape index (κ2) is 8.02. The van der Waals surface area contributed by atoms with Crippen molar-refractivity contribution in [2.75, 3.05) is 19.6 Å². The van der Waals surface area contributed by atoms with Gasteiger partial charge in [0.25, 0.3) is 0 Å². The van der Waals surface area contributed by atoms with E-state index in [9.17, 15) is 9.59 Å². The molecule has 2 amide bonds. The summed E-state index contributed by atoms with van der Waals surface area (Å²) < 4.78 is 0. The maximum absolute atomic E-state index is 13.3. The lowest BCUT2D eigenvalue weighted by molar-refractivity contribution is -0.148. The fourth-order valence-electron chi connectivity index (χ4n) is 4.08. The highest BCUT2D eigenvalue weighted by molar-refractivity contribution is 5.88. The van der Waals surface area contributed by atoms with Gasteiger partial charge in [-0.05, 0) is 38.0 Å². The van der Waals surface area contributed by atoms with Gasteiger partial charge in [-0.1, -0.05) is 13.8 Å². The van der Waals surface area contributed by atoms with Crippen molar-refractivity contribution in [1.29, 1.82) is 0 Å². The molecule has 1 aromatic rings. The highest BCUT2D eigenvalue weighted by atomic mass is 16.2. The van der Waals surface area contributed by atoms with E-state index in [0.717, 1.165) is 51.0 Å². The van der Waals surface area contributed by atoms with Crippen molar-refractivity contribution in [2.24, 2.45) is 5.92 Å². The number of nitrogens with zero attached hydrogens (tertiary/aromatic N) is 3. The van der Waals surface area contributed by atoms with Crippen LogP contribution in [-0.2, 0) is 9.59 Å². The molecule has 0 unspecified atom stereocenters. The van der Waals surface area contributed by atoms with Gasteiger partial charge < -0.3 is 14.8 Å². The Kier molecular flexibility index (Phi) is 5.76. The largest absolute Gasteiger partial charge is 0.348 e. The third-order valence-corrected chi connectivity index (χ3v) is 5.36. The zero-order valence-corrected chi connectivity index (χ0v) is 15.4. The van der Waals surface area contributed by atoms with Gasteiger partial charge >= 0.3 is 0 Å². The first-order chi connectivity index (χ1) is 12.1. The van der Waals surface area contributed by atoms with Gasteiger partial charge in [0, 0.05) is 44.4 Å². The van der Waals surface area contributed by atoms with Gasteiger partial charge in [0.05, 0.1) is 0 Å². The quantitative estimate of drug-likeness (QED) is 0.891. The van der Waals surface area contributed by atoms with E-state index in [4.69, 9.17) is 0 Å². The number of nitrogens with one attached hydrogen (secondary N) is 1. The number of aromatic nitrogens is 2. The van der Waals surface area contributed by atoms with Gasteiger partial charge in [-0.15, -0.1) is 0 Å². The molecule has 1 aromatic heterocycles. The molecule has 0 aliphatic carbocycles. The van der Waals surface area contributed by atoms with E-state index in [1.807, 2.05) is 16.0 Å². The summed E-state index contributed by atoms with van der Waals surface area (Å²) in [6.07, 6.45) is 8.91. The van der Waals surface area contributed by atoms with Gasteiger partial charge in [0.15, 0.2) is 0 Å². The summed E-state index contributed by atoms with van der Waals surface area (Å²) in [5, 5.41) is 0. The van der Waals surface area contributed by atoms with E-state index in [1.54, 1.807) is 6.20 Å². The number of piperidine rings is 2. The van der Waals surface area contributed by atoms with Crippen LogP contribution in [0, 0.1) is 5.92 Å². The zero-order valence-electron chi connectivity index (χ0n) is 15.4. The average molecular weight is 346 g/mol. The predicted octanol–water partition coefficient (Wildman–Crippen LogP) is 2.54. The van der Waals surface area contributed by atoms with Crippen molar-refractivity contribution in [3.05, 3.63) is 18.2 Å². The number of H-pyrrole nitrogens is 1. The van der Waals surface area contributed by atoms with Crippen molar-refractivity contribution in [3.8, 4) is 0 Å². The summed E-state index contributed by atoms with van der Waals surface area (Å²) in [6, 6.07) is -0.303. The van der Waals surface area contributed by atoms with Crippen LogP contribution in [-0.4, -0.2) is 57.3 Å². The number of likely N-dealkylation sites (tertiary alicyclic amines) is 2. The molecule has 25 heavy (non-hydrogen) atoms. The zero-order chi connectivity index (χ0) is 17.8. The van der Waals surface area contributed by atoms with Crippen LogP contribution in [0.1, 0.15) is 64.1 Å². The number of rotatable bonds is 5. The van der Waals surface area contributed by atoms with Crippen molar-refractivity contribution in [3.63, 3.8) is 0 Å². The van der Waals surface area contributed by atoms with E-state index in [2.05, 4.69) is 23.8 Å². The van der Waals surface area contributed by atoms with Crippen LogP contribution in [0.3, 0.4) is 0 Å². The van der Waals surface area contributed by atoms with Crippen LogP contribution >= 0.6 is 0 Å². The highest BCUT2D eigenvalue weighted by Crippen LogP contribution is 2.27. The van der Waals surface area contributed by atoms with Gasteiger partial charge in [0.1, 0.15) is 11.9 Å². The Morgan fingerprint density at radius 2 is 2.16 bits per heavy atom. The molecule has 138 valence electrons. The molecular weight excluding hydrogens is 316 g/mol. The molecule has 2 atom stereocenters. The molecule has 0 spiro atoms. The molecule has 0 aromatic carbocycles. The first-order valence-electron chi connectivity index (χ1n) is 9.63. The average Bonchev–Trinajstić information content (AvgIpc) is 3.14. The van der Waals surface area contributed by atoms with Crippen LogP contribution in [0.4, 0.5) is 0 Å². The van der Waals surface area contributed by atoms with Crippen molar-refractivity contribution < 1.29 is 9.59 Å². The third kappa shape index (κ3) is 4.22. The third-order valence-electron chi connectivity index (χ3n) is 5.36. The molecule has 3 rings (SSSR count). The Morgan fingerprint density at radius 3 is 2.84 bits per heavy atom. The van der Waals surface area contributed by atoms with Gasteiger partial charge in [-0.25, -0.2) is 4.98 Å². The van der Waals surface area contributed by atoms with Crippen molar-refractivity contribution >= 4 is 11.8 Å². The Bertz CT molecular complexity index is 584. The molecule has 6 nitrogen and oxygen atoms in total. The lowest BCUT2D eigenvalue weighted by Gasteiger charge is -2.40. The summed E-state index contributed by atoms with van der Waals surface area (Å²) >= 11 is 0.